The number of aryl methyl sites for hydroxylation is 1. The van der Waals surface area contributed by atoms with Crippen LogP contribution in [0, 0.1) is 24.7 Å². The van der Waals surface area contributed by atoms with Crippen LogP contribution in [0.1, 0.15) is 29.9 Å². The number of phenols is 1. The van der Waals surface area contributed by atoms with Gasteiger partial charge in [-0.2, -0.15) is 0 Å². The van der Waals surface area contributed by atoms with Crippen molar-refractivity contribution in [2.45, 2.75) is 35.4 Å². The van der Waals surface area contributed by atoms with E-state index in [0.717, 1.165) is 10.5 Å². The summed E-state index contributed by atoms with van der Waals surface area (Å²) in [5.41, 5.74) is 2.40. The van der Waals surface area contributed by atoms with E-state index in [1.54, 1.807) is 43.3 Å². The number of carbonyl (C=O) groups excluding carboxylic acids is 4. The van der Waals surface area contributed by atoms with Crippen molar-refractivity contribution in [1.29, 1.82) is 0 Å². The highest BCUT2D eigenvalue weighted by Gasteiger charge is 2.75. The molecule has 0 aromatic heterocycles. The van der Waals surface area contributed by atoms with Crippen molar-refractivity contribution in [3.8, 4) is 5.75 Å². The summed E-state index contributed by atoms with van der Waals surface area (Å²) in [7, 11) is 1.36. The van der Waals surface area contributed by atoms with E-state index in [-0.39, 0.29) is 24.0 Å². The lowest BCUT2D eigenvalue weighted by atomic mass is 9.56. The Bertz CT molecular complexity index is 1420. The molecule has 1 N–H and O–H groups in total. The van der Waals surface area contributed by atoms with Crippen molar-refractivity contribution < 1.29 is 24.3 Å². The molecule has 6 rings (SSSR count). The van der Waals surface area contributed by atoms with Gasteiger partial charge in [0.25, 0.3) is 11.8 Å². The molecule has 7 nitrogen and oxygen atoms in total. The maximum absolute atomic E-state index is 13.8. The van der Waals surface area contributed by atoms with E-state index in [4.69, 9.17) is 23.2 Å². The molecule has 2 aliphatic carbocycles. The molecule has 2 aliphatic heterocycles. The fourth-order valence-corrected chi connectivity index (χ4v) is 7.83. The smallest absolute Gasteiger partial charge is 0.253 e. The summed E-state index contributed by atoms with van der Waals surface area (Å²) in [5, 5.41) is 10.1. The minimum atomic E-state index is -1.83. The first kappa shape index (κ1) is 24.2. The van der Waals surface area contributed by atoms with Gasteiger partial charge in [0.2, 0.25) is 11.8 Å². The molecule has 0 bridgehead atoms. The Balaban J connectivity index is 1.53. The number of hydrogen-bond acceptors (Lipinski definition) is 5. The number of fused-ring (bicyclic) bond motifs is 4. The number of rotatable bonds is 2. The molecule has 3 fully saturated rings. The van der Waals surface area contributed by atoms with E-state index >= 15 is 0 Å². The summed E-state index contributed by atoms with van der Waals surface area (Å²) in [6, 6.07) is 13.7. The molecular weight excluding hydrogens is 515 g/mol. The number of phenolic OH excluding ortho intramolecular Hbond substituents is 1. The van der Waals surface area contributed by atoms with Gasteiger partial charge in [0, 0.05) is 13.0 Å². The molecule has 2 aromatic rings. The van der Waals surface area contributed by atoms with Crippen molar-refractivity contribution in [2.75, 3.05) is 11.9 Å². The van der Waals surface area contributed by atoms with Gasteiger partial charge in [0.1, 0.15) is 5.75 Å². The Morgan fingerprint density at radius 2 is 1.65 bits per heavy atom. The number of imide groups is 2. The van der Waals surface area contributed by atoms with E-state index in [1.165, 1.54) is 18.0 Å². The van der Waals surface area contributed by atoms with E-state index in [0.29, 0.717) is 23.2 Å². The molecule has 6 atom stereocenters. The van der Waals surface area contributed by atoms with Gasteiger partial charge in [-0.25, -0.2) is 0 Å². The summed E-state index contributed by atoms with van der Waals surface area (Å²) in [4.78, 5) is 52.8. The van der Waals surface area contributed by atoms with Crippen molar-refractivity contribution in [1.82, 2.24) is 4.90 Å². The molecule has 1 saturated carbocycles. The Hall–Kier alpha value is -3.16. The molecule has 4 amide bonds. The number of aromatic hydroxyl groups is 1. The standard InChI is InChI=1S/C28H24Cl2N2O5/c1-14-12-15(8-11-20(14)33)22-17-9-10-18-21(24(35)32(23(18)34)16-6-4-3-5-7-16)19(17)13-27(29)25(36)31(2)26(37)28(22,27)30/h3-9,11-12,18-19,21-22,33H,10,13H2,1-2H3/t18-,19+,21-,22-,27+,28-/m0/s1. The zero-order valence-electron chi connectivity index (χ0n) is 20.2. The first-order chi connectivity index (χ1) is 17.5. The maximum atomic E-state index is 13.8. The van der Waals surface area contributed by atoms with Crippen LogP contribution in [0.5, 0.6) is 5.75 Å². The molecule has 4 aliphatic rings. The summed E-state index contributed by atoms with van der Waals surface area (Å²) in [6.07, 6.45) is 2.16. The molecule has 2 heterocycles. The third-order valence-electron chi connectivity index (χ3n) is 8.58. The van der Waals surface area contributed by atoms with Crippen molar-refractivity contribution in [3.05, 3.63) is 71.3 Å². The molecule has 2 saturated heterocycles. The summed E-state index contributed by atoms with van der Waals surface area (Å²) in [6.45, 7) is 1.73. The second-order valence-electron chi connectivity index (χ2n) is 10.4. The van der Waals surface area contributed by atoms with Crippen molar-refractivity contribution >= 4 is 52.5 Å². The molecule has 37 heavy (non-hydrogen) atoms. The largest absolute Gasteiger partial charge is 0.508 e. The topological polar surface area (TPSA) is 95.0 Å². The number of hydrogen-bond donors (Lipinski definition) is 1. The van der Waals surface area contributed by atoms with Crippen molar-refractivity contribution in [2.24, 2.45) is 17.8 Å². The van der Waals surface area contributed by atoms with Crippen LogP contribution in [0.15, 0.2) is 60.2 Å². The van der Waals surface area contributed by atoms with Gasteiger partial charge in [0.05, 0.1) is 17.5 Å². The number of amides is 4. The van der Waals surface area contributed by atoms with Gasteiger partial charge in [-0.05, 0) is 55.0 Å². The highest BCUT2D eigenvalue weighted by atomic mass is 35.5. The van der Waals surface area contributed by atoms with Crippen LogP contribution in [-0.4, -0.2) is 50.4 Å². The van der Waals surface area contributed by atoms with E-state index in [2.05, 4.69) is 0 Å². The minimum Gasteiger partial charge on any atom is -0.508 e. The number of alkyl halides is 2. The predicted octanol–water partition coefficient (Wildman–Crippen LogP) is 3.89. The maximum Gasteiger partial charge on any atom is 0.253 e. The number of likely N-dealkylation sites (tertiary alicyclic amines) is 1. The summed E-state index contributed by atoms with van der Waals surface area (Å²) >= 11 is 14.3. The first-order valence-corrected chi connectivity index (χ1v) is 12.9. The molecule has 190 valence electrons. The number of para-hydroxylation sites is 1. The van der Waals surface area contributed by atoms with Crippen LogP contribution in [0.4, 0.5) is 5.69 Å². The van der Waals surface area contributed by atoms with Gasteiger partial charge in [-0.1, -0.05) is 42.0 Å². The van der Waals surface area contributed by atoms with Crippen LogP contribution in [0.3, 0.4) is 0 Å². The van der Waals surface area contributed by atoms with E-state index in [1.807, 2.05) is 12.1 Å². The lowest BCUT2D eigenvalue weighted by Gasteiger charge is -2.50. The Morgan fingerprint density at radius 3 is 2.32 bits per heavy atom. The zero-order valence-corrected chi connectivity index (χ0v) is 21.7. The summed E-state index contributed by atoms with van der Waals surface area (Å²) in [5.74, 6) is -4.52. The van der Waals surface area contributed by atoms with Crippen LogP contribution in [-0.2, 0) is 19.2 Å². The molecular formula is C28H24Cl2N2O5. The fourth-order valence-electron chi connectivity index (χ4n) is 6.81. The third-order valence-corrected chi connectivity index (χ3v) is 10.00. The average Bonchev–Trinajstić information content (AvgIpc) is 3.21. The highest BCUT2D eigenvalue weighted by Crippen LogP contribution is 2.65. The van der Waals surface area contributed by atoms with E-state index < -0.39 is 45.2 Å². The first-order valence-electron chi connectivity index (χ1n) is 12.1. The highest BCUT2D eigenvalue weighted by molar-refractivity contribution is 6.53. The number of benzene rings is 2. The Labute approximate surface area is 223 Å². The quantitative estimate of drug-likeness (QED) is 0.355. The molecule has 0 radical (unpaired) electrons. The second-order valence-corrected chi connectivity index (χ2v) is 11.6. The van der Waals surface area contributed by atoms with Gasteiger partial charge in [-0.15, -0.1) is 23.2 Å². The Kier molecular flexibility index (Phi) is 5.18. The number of carbonyl (C=O) groups is 4. The van der Waals surface area contributed by atoms with Crippen LogP contribution >= 0.6 is 23.2 Å². The lowest BCUT2D eigenvalue weighted by Crippen LogP contribution is -2.60. The SMILES string of the molecule is Cc1cc([C@H]2C3=CC[C@@H]4C(=O)N(c5ccccc5)C(=O)[C@@H]4[C@@H]3C[C@@]3(Cl)C(=O)N(C)C(=O)[C@@]23Cl)ccc1O. The monoisotopic (exact) mass is 538 g/mol. The average molecular weight is 539 g/mol. The second kappa shape index (κ2) is 7.92. The van der Waals surface area contributed by atoms with Gasteiger partial charge >= 0.3 is 0 Å². The molecule has 0 unspecified atom stereocenters. The lowest BCUT2D eigenvalue weighted by molar-refractivity contribution is -0.138. The molecule has 2 aromatic carbocycles. The number of nitrogens with zero attached hydrogens (tertiary/aromatic N) is 2. The minimum absolute atomic E-state index is 0.0464. The zero-order chi connectivity index (χ0) is 26.4. The van der Waals surface area contributed by atoms with Crippen LogP contribution < -0.4 is 4.90 Å². The van der Waals surface area contributed by atoms with Gasteiger partial charge in [-0.3, -0.25) is 29.0 Å². The van der Waals surface area contributed by atoms with E-state index in [9.17, 15) is 24.3 Å². The third kappa shape index (κ3) is 2.95. The normalized spacial score (nSPS) is 34.9. The molecule has 9 heteroatoms. The molecule has 0 spiro atoms. The number of halogens is 2. The van der Waals surface area contributed by atoms with Crippen LogP contribution in [0.25, 0.3) is 0 Å². The van der Waals surface area contributed by atoms with Gasteiger partial charge < -0.3 is 5.11 Å². The predicted molar refractivity (Wildman–Crippen MR) is 137 cm³/mol. The number of allylic oxidation sites excluding steroid dienone is 2. The fraction of sp³-hybridized carbons (Fsp3) is 0.357. The Morgan fingerprint density at radius 1 is 0.946 bits per heavy atom. The van der Waals surface area contributed by atoms with Crippen molar-refractivity contribution in [3.63, 3.8) is 0 Å². The van der Waals surface area contributed by atoms with Crippen LogP contribution in [0.2, 0.25) is 0 Å². The summed E-state index contributed by atoms with van der Waals surface area (Å²) < 4.78 is 0. The van der Waals surface area contributed by atoms with Gasteiger partial charge in [0.15, 0.2) is 9.75 Å². The number of anilines is 1.